The number of ether oxygens (including phenoxy) is 2. The summed E-state index contributed by atoms with van der Waals surface area (Å²) in [5.74, 6) is -0.707. The standard InChI is InChI=1S/C23H18Cl3NO5/c24-17-11-19(26)21(12-18(17)25)32-22(29)20(10-14-6-8-16(28)9-7-14)27-23(30)31-13-15-4-2-1-3-5-15/h1-9,11-12,20,28H,10,13H2,(H,27,30)/t20-/m0/s1. The fourth-order valence-corrected chi connectivity index (χ4v) is 3.31. The van der Waals surface area contributed by atoms with E-state index >= 15 is 0 Å². The third kappa shape index (κ3) is 6.79. The van der Waals surface area contributed by atoms with Crippen LogP contribution in [0.1, 0.15) is 11.1 Å². The highest BCUT2D eigenvalue weighted by molar-refractivity contribution is 6.43. The van der Waals surface area contributed by atoms with Crippen LogP contribution in [0, 0.1) is 0 Å². The second kappa shape index (κ2) is 11.1. The molecule has 0 aliphatic rings. The van der Waals surface area contributed by atoms with Gasteiger partial charge in [0.2, 0.25) is 0 Å². The van der Waals surface area contributed by atoms with Gasteiger partial charge in [0.15, 0.2) is 5.75 Å². The summed E-state index contributed by atoms with van der Waals surface area (Å²) in [6.45, 7) is 0.0340. The van der Waals surface area contributed by atoms with Crippen LogP contribution in [0.2, 0.25) is 15.1 Å². The van der Waals surface area contributed by atoms with Gasteiger partial charge in [-0.1, -0.05) is 77.3 Å². The van der Waals surface area contributed by atoms with Gasteiger partial charge in [0.05, 0.1) is 15.1 Å². The number of rotatable bonds is 7. The maximum atomic E-state index is 12.9. The second-order valence-corrected chi connectivity index (χ2v) is 7.97. The van der Waals surface area contributed by atoms with E-state index in [0.717, 1.165) is 5.56 Å². The van der Waals surface area contributed by atoms with Gasteiger partial charge in [-0.25, -0.2) is 9.59 Å². The largest absolute Gasteiger partial charge is 0.508 e. The van der Waals surface area contributed by atoms with Gasteiger partial charge in [-0.3, -0.25) is 0 Å². The van der Waals surface area contributed by atoms with Crippen molar-refractivity contribution in [3.8, 4) is 11.5 Å². The van der Waals surface area contributed by atoms with Gasteiger partial charge in [-0.05, 0) is 29.3 Å². The number of phenols is 1. The normalized spacial score (nSPS) is 11.5. The quantitative estimate of drug-likeness (QED) is 0.246. The summed E-state index contributed by atoms with van der Waals surface area (Å²) in [5.41, 5.74) is 1.47. The lowest BCUT2D eigenvalue weighted by Crippen LogP contribution is -2.44. The minimum atomic E-state index is -1.10. The molecule has 0 unspecified atom stereocenters. The minimum Gasteiger partial charge on any atom is -0.508 e. The van der Waals surface area contributed by atoms with Gasteiger partial charge in [0, 0.05) is 12.5 Å². The van der Waals surface area contributed by atoms with Crippen LogP contribution in [0.5, 0.6) is 11.5 Å². The molecule has 0 saturated carbocycles. The summed E-state index contributed by atoms with van der Waals surface area (Å²) in [6, 6.07) is 16.9. The molecule has 9 heteroatoms. The van der Waals surface area contributed by atoms with E-state index < -0.39 is 18.1 Å². The number of alkyl carbamates (subject to hydrolysis) is 1. The van der Waals surface area contributed by atoms with Gasteiger partial charge >= 0.3 is 12.1 Å². The highest BCUT2D eigenvalue weighted by Crippen LogP contribution is 2.34. The molecule has 3 aromatic carbocycles. The maximum absolute atomic E-state index is 12.9. The predicted molar refractivity (Wildman–Crippen MR) is 122 cm³/mol. The number of hydrogen-bond acceptors (Lipinski definition) is 5. The third-order valence-corrected chi connectivity index (χ3v) is 5.37. The molecule has 6 nitrogen and oxygen atoms in total. The molecule has 1 amide bonds. The van der Waals surface area contributed by atoms with Crippen molar-refractivity contribution in [1.29, 1.82) is 0 Å². The summed E-state index contributed by atoms with van der Waals surface area (Å²) in [4.78, 5) is 25.2. The number of carbonyl (C=O) groups is 2. The van der Waals surface area contributed by atoms with Crippen LogP contribution in [0.25, 0.3) is 0 Å². The van der Waals surface area contributed by atoms with Gasteiger partial charge in [-0.15, -0.1) is 0 Å². The molecule has 0 saturated heterocycles. The predicted octanol–water partition coefficient (Wildman–Crippen LogP) is 5.80. The monoisotopic (exact) mass is 493 g/mol. The van der Waals surface area contributed by atoms with Crippen LogP contribution in [-0.2, 0) is 22.6 Å². The SMILES string of the molecule is O=C(N[C@@H](Cc1ccc(O)cc1)C(=O)Oc1cc(Cl)c(Cl)cc1Cl)OCc1ccccc1. The number of nitrogens with one attached hydrogen (secondary N) is 1. The fraction of sp³-hybridized carbons (Fsp3) is 0.130. The smallest absolute Gasteiger partial charge is 0.408 e. The first-order chi connectivity index (χ1) is 15.3. The Morgan fingerprint density at radius 3 is 2.22 bits per heavy atom. The molecule has 3 aromatic rings. The van der Waals surface area contributed by atoms with Crippen molar-refractivity contribution < 1.29 is 24.2 Å². The molecule has 0 aliphatic heterocycles. The Kier molecular flexibility index (Phi) is 8.22. The number of halogens is 3. The highest BCUT2D eigenvalue weighted by atomic mass is 35.5. The van der Waals surface area contributed by atoms with Crippen LogP contribution in [0.15, 0.2) is 66.7 Å². The molecule has 1 atom stereocenters. The molecule has 0 aliphatic carbocycles. The molecule has 0 spiro atoms. The molecule has 166 valence electrons. The number of phenolic OH excluding ortho intramolecular Hbond substituents is 1. The van der Waals surface area contributed by atoms with Crippen LogP contribution in [-0.4, -0.2) is 23.2 Å². The first-order valence-electron chi connectivity index (χ1n) is 9.43. The van der Waals surface area contributed by atoms with Crippen molar-refractivity contribution >= 4 is 46.9 Å². The van der Waals surface area contributed by atoms with Crippen LogP contribution < -0.4 is 10.1 Å². The first kappa shape index (κ1) is 23.7. The zero-order valence-corrected chi connectivity index (χ0v) is 18.8. The Bertz CT molecular complexity index is 1090. The fourth-order valence-electron chi connectivity index (χ4n) is 2.73. The lowest BCUT2D eigenvalue weighted by Gasteiger charge is -2.18. The molecule has 2 N–H and O–H groups in total. The zero-order chi connectivity index (χ0) is 23.1. The summed E-state index contributed by atoms with van der Waals surface area (Å²) >= 11 is 18.0. The van der Waals surface area contributed by atoms with Gasteiger partial charge < -0.3 is 19.9 Å². The zero-order valence-electron chi connectivity index (χ0n) is 16.6. The maximum Gasteiger partial charge on any atom is 0.408 e. The number of esters is 1. The molecule has 32 heavy (non-hydrogen) atoms. The van der Waals surface area contributed by atoms with E-state index in [-0.39, 0.29) is 39.6 Å². The number of hydrogen-bond donors (Lipinski definition) is 2. The van der Waals surface area contributed by atoms with Gasteiger partial charge in [0.25, 0.3) is 0 Å². The summed E-state index contributed by atoms with van der Waals surface area (Å²) in [5, 5.41) is 12.4. The van der Waals surface area contributed by atoms with E-state index in [0.29, 0.717) is 5.56 Å². The molecule has 0 radical (unpaired) electrons. The van der Waals surface area contributed by atoms with Crippen molar-refractivity contribution in [2.75, 3.05) is 0 Å². The van der Waals surface area contributed by atoms with Crippen molar-refractivity contribution in [3.63, 3.8) is 0 Å². The second-order valence-electron chi connectivity index (χ2n) is 6.75. The van der Waals surface area contributed by atoms with Crippen LogP contribution >= 0.6 is 34.8 Å². The highest BCUT2D eigenvalue weighted by Gasteiger charge is 2.25. The topological polar surface area (TPSA) is 84.9 Å². The van der Waals surface area contributed by atoms with Gasteiger partial charge in [-0.2, -0.15) is 0 Å². The lowest BCUT2D eigenvalue weighted by atomic mass is 10.1. The Labute approximate surface area is 199 Å². The Balaban J connectivity index is 1.73. The van der Waals surface area contributed by atoms with E-state index in [2.05, 4.69) is 5.32 Å². The average molecular weight is 495 g/mol. The molecule has 0 heterocycles. The Morgan fingerprint density at radius 2 is 1.53 bits per heavy atom. The Morgan fingerprint density at radius 1 is 0.875 bits per heavy atom. The van der Waals surface area contributed by atoms with Crippen molar-refractivity contribution in [2.45, 2.75) is 19.1 Å². The van der Waals surface area contributed by atoms with Crippen molar-refractivity contribution in [1.82, 2.24) is 5.32 Å². The van der Waals surface area contributed by atoms with E-state index in [1.807, 2.05) is 30.3 Å². The number of amides is 1. The first-order valence-corrected chi connectivity index (χ1v) is 10.6. The minimum absolute atomic E-state index is 0.00113. The Hall–Kier alpha value is -2.93. The van der Waals surface area contributed by atoms with E-state index in [1.54, 1.807) is 12.1 Å². The molecule has 0 aromatic heterocycles. The van der Waals surface area contributed by atoms with Crippen molar-refractivity contribution in [2.24, 2.45) is 0 Å². The van der Waals surface area contributed by atoms with Crippen LogP contribution in [0.3, 0.4) is 0 Å². The number of carbonyl (C=O) groups excluding carboxylic acids is 2. The summed E-state index contributed by atoms with van der Waals surface area (Å²) in [6.07, 6.45) is -0.715. The molecular weight excluding hydrogens is 477 g/mol. The average Bonchev–Trinajstić information content (AvgIpc) is 2.77. The molecule has 0 bridgehead atoms. The third-order valence-electron chi connectivity index (χ3n) is 4.35. The van der Waals surface area contributed by atoms with E-state index in [1.165, 1.54) is 24.3 Å². The number of aromatic hydroxyl groups is 1. The molecular formula is C23H18Cl3NO5. The van der Waals surface area contributed by atoms with E-state index in [9.17, 15) is 14.7 Å². The van der Waals surface area contributed by atoms with E-state index in [4.69, 9.17) is 44.3 Å². The molecule has 3 rings (SSSR count). The van der Waals surface area contributed by atoms with Gasteiger partial charge in [0.1, 0.15) is 18.4 Å². The number of benzene rings is 3. The van der Waals surface area contributed by atoms with Crippen molar-refractivity contribution in [3.05, 3.63) is 92.9 Å². The summed E-state index contributed by atoms with van der Waals surface area (Å²) < 4.78 is 10.6. The van der Waals surface area contributed by atoms with Crippen LogP contribution in [0.4, 0.5) is 4.79 Å². The molecule has 0 fully saturated rings. The lowest BCUT2D eigenvalue weighted by molar-refractivity contribution is -0.136. The summed E-state index contributed by atoms with van der Waals surface area (Å²) in [7, 11) is 0.